The van der Waals surface area contributed by atoms with E-state index in [4.69, 9.17) is 5.26 Å². The highest BCUT2D eigenvalue weighted by molar-refractivity contribution is 7.02. The van der Waals surface area contributed by atoms with Crippen LogP contribution in [0, 0.1) is 16.5 Å². The van der Waals surface area contributed by atoms with E-state index < -0.39 is 0 Å². The van der Waals surface area contributed by atoms with Crippen molar-refractivity contribution >= 4 is 11.5 Å². The molecule has 14 heavy (non-hydrogen) atoms. The molecule has 0 unspecified atom stereocenters. The Balaban J connectivity index is 2.53. The van der Waals surface area contributed by atoms with Crippen LogP contribution in [0.4, 0.5) is 0 Å². The molecule has 2 rings (SSSR count). The van der Waals surface area contributed by atoms with E-state index in [1.807, 2.05) is 24.3 Å². The molecule has 0 aliphatic heterocycles. The van der Waals surface area contributed by atoms with Gasteiger partial charge in [0, 0.05) is 0 Å². The fraction of sp³-hybridized carbons (Fsp3) is 0. The second-order valence-electron chi connectivity index (χ2n) is 2.57. The van der Waals surface area contributed by atoms with Gasteiger partial charge in [0.05, 0.1) is 5.56 Å². The lowest BCUT2D eigenvalue weighted by atomic mass is 10.2. The van der Waals surface area contributed by atoms with Gasteiger partial charge in [0.1, 0.15) is 11.5 Å². The zero-order chi connectivity index (χ0) is 9.97. The Morgan fingerprint density at radius 1 is 1.36 bits per heavy atom. The average molecular weight is 203 g/mol. The number of nitriles is 1. The molecule has 0 amide bonds. The number of hydrogen-bond donors (Lipinski definition) is 0. The summed E-state index contributed by atoms with van der Waals surface area (Å²) in [6.45, 7) is 0. The third-order valence-corrected chi connectivity index (χ3v) is 2.37. The van der Waals surface area contributed by atoms with Crippen LogP contribution in [0.15, 0.2) is 30.3 Å². The predicted molar refractivity (Wildman–Crippen MR) is 51.2 cm³/mol. The lowest BCUT2D eigenvalue weighted by Crippen LogP contribution is -2.22. The summed E-state index contributed by atoms with van der Waals surface area (Å²) in [5.41, 5.74) is 0.722. The SMILES string of the molecule is N#Cc1nc(-c2ccccc2)[n+]([O-])s1. The first-order valence-corrected chi connectivity index (χ1v) is 4.65. The zero-order valence-electron chi connectivity index (χ0n) is 7.04. The summed E-state index contributed by atoms with van der Waals surface area (Å²) in [4.78, 5) is 3.91. The smallest absolute Gasteiger partial charge is 0.347 e. The molecule has 0 aliphatic rings. The van der Waals surface area contributed by atoms with Crippen molar-refractivity contribution in [2.24, 2.45) is 0 Å². The maximum absolute atomic E-state index is 11.3. The predicted octanol–water partition coefficient (Wildman–Crippen LogP) is 1.32. The van der Waals surface area contributed by atoms with E-state index in [-0.39, 0.29) is 10.8 Å². The molecule has 0 spiro atoms. The Morgan fingerprint density at radius 3 is 2.64 bits per heavy atom. The van der Waals surface area contributed by atoms with Gasteiger partial charge in [-0.3, -0.25) is 0 Å². The summed E-state index contributed by atoms with van der Waals surface area (Å²) >= 11 is 0.798. The van der Waals surface area contributed by atoms with Gasteiger partial charge in [0.15, 0.2) is 6.07 Å². The van der Waals surface area contributed by atoms with E-state index in [2.05, 4.69) is 4.98 Å². The third-order valence-electron chi connectivity index (χ3n) is 1.68. The van der Waals surface area contributed by atoms with Crippen LogP contribution in [0.3, 0.4) is 0 Å². The van der Waals surface area contributed by atoms with Crippen LogP contribution < -0.4 is 4.12 Å². The molecule has 2 aromatic rings. The molecule has 0 atom stereocenters. The summed E-state index contributed by atoms with van der Waals surface area (Å²) in [5.74, 6) is 0.284. The van der Waals surface area contributed by atoms with Gasteiger partial charge in [0.2, 0.25) is 0 Å². The summed E-state index contributed by atoms with van der Waals surface area (Å²) in [7, 11) is 0. The molecule has 0 fully saturated rings. The minimum absolute atomic E-state index is 0.179. The molecule has 0 N–H and O–H groups in total. The van der Waals surface area contributed by atoms with Crippen molar-refractivity contribution in [3.8, 4) is 17.5 Å². The van der Waals surface area contributed by atoms with Crippen molar-refractivity contribution in [1.82, 2.24) is 4.98 Å². The van der Waals surface area contributed by atoms with E-state index in [1.54, 1.807) is 12.1 Å². The van der Waals surface area contributed by atoms with Gasteiger partial charge in [-0.2, -0.15) is 9.38 Å². The standard InChI is InChI=1S/C9H5N3OS/c10-6-8-11-9(12(13)14-8)7-4-2-1-3-5-7/h1-5H. The van der Waals surface area contributed by atoms with E-state index >= 15 is 0 Å². The summed E-state index contributed by atoms with van der Waals surface area (Å²) in [6.07, 6.45) is 0. The minimum Gasteiger partial charge on any atom is -0.700 e. The number of aromatic nitrogens is 2. The molecule has 1 aromatic heterocycles. The van der Waals surface area contributed by atoms with Crippen LogP contribution in [0.2, 0.25) is 0 Å². The normalized spacial score (nSPS) is 9.64. The number of nitrogens with zero attached hydrogens (tertiary/aromatic N) is 3. The highest BCUT2D eigenvalue weighted by atomic mass is 32.1. The number of benzene rings is 1. The first-order chi connectivity index (χ1) is 6.81. The minimum atomic E-state index is 0.179. The molecule has 5 heteroatoms. The first kappa shape index (κ1) is 8.66. The van der Waals surface area contributed by atoms with E-state index in [0.717, 1.165) is 17.1 Å². The zero-order valence-corrected chi connectivity index (χ0v) is 7.86. The Bertz CT molecular complexity index is 487. The second-order valence-corrected chi connectivity index (χ2v) is 3.47. The van der Waals surface area contributed by atoms with E-state index in [9.17, 15) is 5.21 Å². The first-order valence-electron chi connectivity index (χ1n) is 3.87. The van der Waals surface area contributed by atoms with Crippen LogP contribution >= 0.6 is 11.5 Å². The van der Waals surface area contributed by atoms with Gasteiger partial charge in [-0.05, 0) is 17.1 Å². The molecule has 68 valence electrons. The molecule has 0 aliphatic carbocycles. The highest BCUT2D eigenvalue weighted by Crippen LogP contribution is 2.14. The van der Waals surface area contributed by atoms with Crippen molar-refractivity contribution in [2.45, 2.75) is 0 Å². The fourth-order valence-corrected chi connectivity index (χ4v) is 1.64. The van der Waals surface area contributed by atoms with Crippen LogP contribution in [-0.2, 0) is 0 Å². The number of hydrogen-bond acceptors (Lipinski definition) is 4. The maximum Gasteiger partial charge on any atom is 0.347 e. The molecule has 0 saturated heterocycles. The molecule has 1 aromatic carbocycles. The molecular weight excluding hydrogens is 198 g/mol. The van der Waals surface area contributed by atoms with Crippen LogP contribution in [0.1, 0.15) is 5.01 Å². The van der Waals surface area contributed by atoms with Gasteiger partial charge in [-0.15, -0.1) is 0 Å². The number of rotatable bonds is 1. The van der Waals surface area contributed by atoms with E-state index in [1.165, 1.54) is 0 Å². The lowest BCUT2D eigenvalue weighted by Gasteiger charge is -1.96. The van der Waals surface area contributed by atoms with Crippen LogP contribution in [0.25, 0.3) is 11.4 Å². The highest BCUT2D eigenvalue weighted by Gasteiger charge is 2.17. The molecule has 0 bridgehead atoms. The maximum atomic E-state index is 11.3. The van der Waals surface area contributed by atoms with Gasteiger partial charge in [-0.1, -0.05) is 18.2 Å². The largest absolute Gasteiger partial charge is 0.700 e. The van der Waals surface area contributed by atoms with E-state index in [0.29, 0.717) is 4.12 Å². The van der Waals surface area contributed by atoms with Crippen molar-refractivity contribution in [1.29, 1.82) is 5.26 Å². The van der Waals surface area contributed by atoms with Crippen LogP contribution in [0.5, 0.6) is 0 Å². The monoisotopic (exact) mass is 203 g/mol. The fourth-order valence-electron chi connectivity index (χ4n) is 1.08. The Hall–Kier alpha value is -1.93. The molecular formula is C9H5N3OS. The quantitative estimate of drug-likeness (QED) is 0.518. The lowest BCUT2D eigenvalue weighted by molar-refractivity contribution is -0.519. The van der Waals surface area contributed by atoms with Crippen molar-refractivity contribution < 1.29 is 4.12 Å². The van der Waals surface area contributed by atoms with Crippen molar-refractivity contribution in [3.63, 3.8) is 0 Å². The summed E-state index contributed by atoms with van der Waals surface area (Å²) in [5, 5.41) is 20.1. The second kappa shape index (κ2) is 3.44. The Kier molecular flexibility index (Phi) is 2.13. The third kappa shape index (κ3) is 1.43. The van der Waals surface area contributed by atoms with Crippen LogP contribution in [-0.4, -0.2) is 4.98 Å². The molecule has 1 heterocycles. The van der Waals surface area contributed by atoms with Gasteiger partial charge in [-0.25, -0.2) is 0 Å². The van der Waals surface area contributed by atoms with Gasteiger partial charge >= 0.3 is 10.8 Å². The molecule has 4 nitrogen and oxygen atoms in total. The van der Waals surface area contributed by atoms with Crippen molar-refractivity contribution in [3.05, 3.63) is 40.5 Å². The Labute approximate surface area is 84.4 Å². The van der Waals surface area contributed by atoms with Crippen molar-refractivity contribution in [2.75, 3.05) is 0 Å². The van der Waals surface area contributed by atoms with Gasteiger partial charge < -0.3 is 5.21 Å². The summed E-state index contributed by atoms with van der Waals surface area (Å²) < 4.78 is 0.647. The summed E-state index contributed by atoms with van der Waals surface area (Å²) in [6, 6.07) is 10.9. The molecule has 0 saturated carbocycles. The van der Waals surface area contributed by atoms with Gasteiger partial charge in [0.25, 0.3) is 0 Å². The topological polar surface area (TPSA) is 63.6 Å². The average Bonchev–Trinajstić information content (AvgIpc) is 2.61. The Morgan fingerprint density at radius 2 is 2.07 bits per heavy atom. The molecule has 0 radical (unpaired) electrons.